The number of alkyl carbamates (subject to hydrolysis) is 1. The molecular weight excluding hydrogens is 422 g/mol. The second kappa shape index (κ2) is 9.52. The Hall–Kier alpha value is -4.20. The van der Waals surface area contributed by atoms with Gasteiger partial charge in [-0.15, -0.1) is 0 Å². The van der Waals surface area contributed by atoms with Crippen molar-refractivity contribution < 1.29 is 24.2 Å². The van der Waals surface area contributed by atoms with Crippen molar-refractivity contribution in [2.45, 2.75) is 25.3 Å². The normalized spacial score (nSPS) is 12.9. The Bertz CT molecular complexity index is 1160. The third kappa shape index (κ3) is 4.69. The quantitative estimate of drug-likeness (QED) is 0.505. The molecule has 0 aliphatic heterocycles. The summed E-state index contributed by atoms with van der Waals surface area (Å²) in [7, 11) is 0. The van der Waals surface area contributed by atoms with E-state index in [1.807, 2.05) is 36.4 Å². The number of nitrogens with one attached hydrogen (secondary N) is 2. The molecule has 1 aromatic heterocycles. The fourth-order valence-electron chi connectivity index (χ4n) is 3.99. The molecule has 0 radical (unpaired) electrons. The number of carbonyl (C=O) groups is 3. The van der Waals surface area contributed by atoms with Gasteiger partial charge in [0.2, 0.25) is 5.91 Å². The topological polar surface area (TPSA) is 118 Å². The van der Waals surface area contributed by atoms with Gasteiger partial charge in [0.25, 0.3) is 0 Å². The largest absolute Gasteiger partial charge is 0.478 e. The van der Waals surface area contributed by atoms with Gasteiger partial charge in [-0.1, -0.05) is 55.5 Å². The molecule has 0 saturated heterocycles. The van der Waals surface area contributed by atoms with Gasteiger partial charge in [-0.2, -0.15) is 0 Å². The Morgan fingerprint density at radius 3 is 2.27 bits per heavy atom. The molecule has 0 fully saturated rings. The zero-order chi connectivity index (χ0) is 23.4. The van der Waals surface area contributed by atoms with E-state index in [1.165, 1.54) is 18.5 Å². The first-order chi connectivity index (χ1) is 16.0. The van der Waals surface area contributed by atoms with Crippen LogP contribution >= 0.6 is 0 Å². The van der Waals surface area contributed by atoms with Crippen LogP contribution in [0.4, 0.5) is 10.5 Å². The van der Waals surface area contributed by atoms with Gasteiger partial charge in [0.1, 0.15) is 12.6 Å². The number of benzene rings is 2. The van der Waals surface area contributed by atoms with Gasteiger partial charge >= 0.3 is 12.1 Å². The van der Waals surface area contributed by atoms with Crippen LogP contribution < -0.4 is 10.6 Å². The lowest BCUT2D eigenvalue weighted by Gasteiger charge is -2.18. The number of fused-ring (bicyclic) bond motifs is 3. The van der Waals surface area contributed by atoms with Crippen LogP contribution in [0.2, 0.25) is 0 Å². The van der Waals surface area contributed by atoms with E-state index in [9.17, 15) is 14.4 Å². The average molecular weight is 445 g/mol. The Labute approximate surface area is 190 Å². The summed E-state index contributed by atoms with van der Waals surface area (Å²) in [5.41, 5.74) is 4.64. The summed E-state index contributed by atoms with van der Waals surface area (Å²) in [6.45, 7) is 1.89. The molecule has 8 heteroatoms. The minimum Gasteiger partial charge on any atom is -0.478 e. The van der Waals surface area contributed by atoms with Crippen LogP contribution in [0, 0.1) is 0 Å². The molecule has 1 aliphatic rings. The maximum Gasteiger partial charge on any atom is 0.407 e. The minimum absolute atomic E-state index is 0.0506. The number of hydrogen-bond donors (Lipinski definition) is 3. The molecule has 168 valence electrons. The third-order valence-corrected chi connectivity index (χ3v) is 5.61. The molecule has 2 aromatic carbocycles. The maximum absolute atomic E-state index is 12.6. The molecule has 0 bridgehead atoms. The molecule has 3 N–H and O–H groups in total. The zero-order valence-electron chi connectivity index (χ0n) is 17.9. The number of carboxylic acids is 1. The van der Waals surface area contributed by atoms with E-state index < -0.39 is 24.0 Å². The number of carboxylic acid groups (broad SMARTS) is 1. The molecule has 33 heavy (non-hydrogen) atoms. The van der Waals surface area contributed by atoms with Crippen LogP contribution in [-0.2, 0) is 9.53 Å². The first kappa shape index (κ1) is 22.0. The highest BCUT2D eigenvalue weighted by atomic mass is 16.5. The summed E-state index contributed by atoms with van der Waals surface area (Å²) in [6.07, 6.45) is 2.15. The van der Waals surface area contributed by atoms with Crippen molar-refractivity contribution in [3.63, 3.8) is 0 Å². The lowest BCUT2D eigenvalue weighted by Crippen LogP contribution is -2.43. The van der Waals surface area contributed by atoms with Crippen molar-refractivity contribution in [3.05, 3.63) is 83.7 Å². The Kier molecular flexibility index (Phi) is 6.35. The first-order valence-corrected chi connectivity index (χ1v) is 10.6. The van der Waals surface area contributed by atoms with Crippen LogP contribution in [0.3, 0.4) is 0 Å². The van der Waals surface area contributed by atoms with Gasteiger partial charge in [-0.3, -0.25) is 9.78 Å². The number of nitrogens with zero attached hydrogens (tertiary/aromatic N) is 1. The highest BCUT2D eigenvalue weighted by Gasteiger charge is 2.29. The van der Waals surface area contributed by atoms with Crippen LogP contribution in [0.5, 0.6) is 0 Å². The van der Waals surface area contributed by atoms with Crippen LogP contribution in [0.25, 0.3) is 11.1 Å². The number of rotatable bonds is 7. The molecule has 0 spiro atoms. The fourth-order valence-corrected chi connectivity index (χ4v) is 3.99. The molecule has 1 atom stereocenters. The third-order valence-electron chi connectivity index (χ3n) is 5.61. The summed E-state index contributed by atoms with van der Waals surface area (Å²) < 4.78 is 5.50. The Morgan fingerprint density at radius 2 is 1.67 bits per heavy atom. The van der Waals surface area contributed by atoms with Gasteiger partial charge in [-0.05, 0) is 34.7 Å². The molecular formula is C25H23N3O5. The summed E-state index contributed by atoms with van der Waals surface area (Å²) >= 11 is 0. The van der Waals surface area contributed by atoms with Gasteiger partial charge in [0.15, 0.2) is 0 Å². The summed E-state index contributed by atoms with van der Waals surface area (Å²) in [4.78, 5) is 40.0. The molecule has 1 aliphatic carbocycles. The van der Waals surface area contributed by atoms with Crippen molar-refractivity contribution in [1.29, 1.82) is 0 Å². The van der Waals surface area contributed by atoms with Crippen molar-refractivity contribution in [1.82, 2.24) is 10.3 Å². The van der Waals surface area contributed by atoms with E-state index >= 15 is 0 Å². The summed E-state index contributed by atoms with van der Waals surface area (Å²) in [5, 5.41) is 14.2. The number of ether oxygens (including phenoxy) is 1. The molecule has 2 amide bonds. The number of amides is 2. The van der Waals surface area contributed by atoms with Gasteiger partial charge in [0, 0.05) is 12.1 Å². The summed E-state index contributed by atoms with van der Waals surface area (Å²) in [5.74, 6) is -1.72. The molecule has 4 rings (SSSR count). The van der Waals surface area contributed by atoms with Crippen molar-refractivity contribution in [2.24, 2.45) is 0 Å². The highest BCUT2D eigenvalue weighted by Crippen LogP contribution is 2.44. The van der Waals surface area contributed by atoms with E-state index in [-0.39, 0.29) is 23.8 Å². The Balaban J connectivity index is 1.38. The molecule has 1 heterocycles. The number of hydrogen-bond acceptors (Lipinski definition) is 5. The highest BCUT2D eigenvalue weighted by molar-refractivity contribution is 5.97. The predicted molar refractivity (Wildman–Crippen MR) is 122 cm³/mol. The Morgan fingerprint density at radius 1 is 1.03 bits per heavy atom. The number of anilines is 1. The first-order valence-electron chi connectivity index (χ1n) is 10.6. The number of aromatic carboxylic acids is 1. The van der Waals surface area contributed by atoms with Crippen molar-refractivity contribution >= 4 is 23.7 Å². The minimum atomic E-state index is -1.15. The van der Waals surface area contributed by atoms with Gasteiger partial charge in [-0.25, -0.2) is 9.59 Å². The maximum atomic E-state index is 12.6. The number of carbonyl (C=O) groups excluding carboxylic acids is 2. The predicted octanol–water partition coefficient (Wildman–Crippen LogP) is 4.04. The fraction of sp³-hybridized carbons (Fsp3) is 0.200. The average Bonchev–Trinajstić information content (AvgIpc) is 3.15. The van der Waals surface area contributed by atoms with E-state index in [0.29, 0.717) is 6.42 Å². The second-order valence-electron chi connectivity index (χ2n) is 7.69. The molecule has 0 unspecified atom stereocenters. The SMILES string of the molecule is CC[C@@H](NC(=O)OCC1c2ccccc2-c2ccccc21)C(=O)Nc1cncc(C(=O)O)c1. The second-order valence-corrected chi connectivity index (χ2v) is 7.69. The number of aromatic nitrogens is 1. The van der Waals surface area contributed by atoms with Crippen LogP contribution in [0.15, 0.2) is 67.0 Å². The van der Waals surface area contributed by atoms with E-state index in [0.717, 1.165) is 22.3 Å². The van der Waals surface area contributed by atoms with Crippen molar-refractivity contribution in [3.8, 4) is 11.1 Å². The van der Waals surface area contributed by atoms with E-state index in [1.54, 1.807) is 6.92 Å². The van der Waals surface area contributed by atoms with Crippen LogP contribution in [-0.4, -0.2) is 40.7 Å². The standard InChI is InChI=1S/C25H23N3O5/c1-2-22(23(29)27-16-11-15(24(30)31)12-26-13-16)28-25(32)33-14-21-19-9-5-3-7-17(19)18-8-4-6-10-20(18)21/h3-13,21-22H,2,14H2,1H3,(H,27,29)(H,28,32)(H,30,31)/t22-/m1/s1. The smallest absolute Gasteiger partial charge is 0.407 e. The van der Waals surface area contributed by atoms with Crippen LogP contribution in [0.1, 0.15) is 40.7 Å². The van der Waals surface area contributed by atoms with E-state index in [2.05, 4.69) is 27.8 Å². The lowest BCUT2D eigenvalue weighted by molar-refractivity contribution is -0.118. The lowest BCUT2D eigenvalue weighted by atomic mass is 9.98. The molecule has 3 aromatic rings. The molecule has 8 nitrogen and oxygen atoms in total. The zero-order valence-corrected chi connectivity index (χ0v) is 17.9. The monoisotopic (exact) mass is 445 g/mol. The van der Waals surface area contributed by atoms with Gasteiger partial charge < -0.3 is 20.5 Å². The van der Waals surface area contributed by atoms with Gasteiger partial charge in [0.05, 0.1) is 17.4 Å². The number of pyridine rings is 1. The summed E-state index contributed by atoms with van der Waals surface area (Å²) in [6, 6.07) is 16.5. The van der Waals surface area contributed by atoms with Crippen molar-refractivity contribution in [2.75, 3.05) is 11.9 Å². The van der Waals surface area contributed by atoms with E-state index in [4.69, 9.17) is 9.84 Å². The molecule has 0 saturated carbocycles.